The molecule has 0 unspecified atom stereocenters. The predicted octanol–water partition coefficient (Wildman–Crippen LogP) is 4.83. The van der Waals surface area contributed by atoms with Crippen LogP contribution < -0.4 is 0 Å². The first-order chi connectivity index (χ1) is 10.8. The Labute approximate surface area is 134 Å². The third-order valence-electron chi connectivity index (χ3n) is 2.29. The van der Waals surface area contributed by atoms with Gasteiger partial charge in [-0.25, -0.2) is 0 Å². The molecule has 0 N–H and O–H groups in total. The molecule has 12 heteroatoms. The molecule has 24 heavy (non-hydrogen) atoms. The summed E-state index contributed by atoms with van der Waals surface area (Å²) < 4.78 is 78.0. The van der Waals surface area contributed by atoms with Crippen LogP contribution in [0.25, 0.3) is 0 Å². The van der Waals surface area contributed by atoms with Crippen LogP contribution in [0.2, 0.25) is 0 Å². The Hall–Kier alpha value is -2.13. The molecular formula is C12H14B2F8N2-2. The quantitative estimate of drug-likeness (QED) is 0.451. The smallest absolute Gasteiger partial charge is 0.418 e. The second-order valence-corrected chi connectivity index (χ2v) is 4.49. The monoisotopic (exact) mass is 360 g/mol. The number of nitrogens with zero attached hydrogens (tertiary/aromatic N) is 2. The van der Waals surface area contributed by atoms with Gasteiger partial charge in [0, 0.05) is 38.9 Å². The molecule has 0 amide bonds. The summed E-state index contributed by atoms with van der Waals surface area (Å²) in [5, 5.41) is 0. The van der Waals surface area contributed by atoms with Crippen LogP contribution in [0.5, 0.6) is 0 Å². The van der Waals surface area contributed by atoms with Gasteiger partial charge in [0.2, 0.25) is 0 Å². The number of allylic oxidation sites excluding steroid dienone is 6. The van der Waals surface area contributed by atoms with E-state index in [4.69, 9.17) is 0 Å². The lowest BCUT2D eigenvalue weighted by molar-refractivity contribution is 0.366. The van der Waals surface area contributed by atoms with E-state index in [1.54, 1.807) is 0 Å². The number of rotatable bonds is 0. The van der Waals surface area contributed by atoms with Crippen molar-refractivity contribution in [1.82, 2.24) is 9.80 Å². The molecule has 0 radical (unpaired) electrons. The van der Waals surface area contributed by atoms with Gasteiger partial charge in [0.25, 0.3) is 0 Å². The molecule has 136 valence electrons. The molecule has 0 atom stereocenters. The highest BCUT2D eigenvalue weighted by molar-refractivity contribution is 6.50. The first-order valence-electron chi connectivity index (χ1n) is 6.41. The maximum absolute atomic E-state index is 9.75. The van der Waals surface area contributed by atoms with E-state index in [-0.39, 0.29) is 0 Å². The van der Waals surface area contributed by atoms with Gasteiger partial charge in [-0.1, -0.05) is 0 Å². The Morgan fingerprint density at radius 2 is 0.708 bits per heavy atom. The predicted molar refractivity (Wildman–Crippen MR) is 79.5 cm³/mol. The normalized spacial score (nSPS) is 16.6. The van der Waals surface area contributed by atoms with Crippen molar-refractivity contribution in [3.8, 4) is 0 Å². The average molecular weight is 360 g/mol. The maximum atomic E-state index is 9.75. The second kappa shape index (κ2) is 9.24. The van der Waals surface area contributed by atoms with E-state index < -0.39 is 14.5 Å². The van der Waals surface area contributed by atoms with Gasteiger partial charge in [0.1, 0.15) is 0 Å². The molecule has 0 aromatic carbocycles. The van der Waals surface area contributed by atoms with Gasteiger partial charge < -0.3 is 44.3 Å². The van der Waals surface area contributed by atoms with Crippen molar-refractivity contribution >= 4 is 14.5 Å². The van der Waals surface area contributed by atoms with Crippen LogP contribution >= 0.6 is 0 Å². The van der Waals surface area contributed by atoms with Crippen LogP contribution in [0.1, 0.15) is 0 Å². The van der Waals surface area contributed by atoms with Crippen LogP contribution in [-0.4, -0.2) is 38.4 Å². The molecule has 2 rings (SSSR count). The minimum absolute atomic E-state index is 1.25. The molecule has 0 saturated carbocycles. The lowest BCUT2D eigenvalue weighted by atomic mass is 10.1. The number of hydrogen-bond donors (Lipinski definition) is 0. The molecule has 2 aliphatic heterocycles. The van der Waals surface area contributed by atoms with E-state index in [9.17, 15) is 34.5 Å². The lowest BCUT2D eigenvalue weighted by Crippen LogP contribution is -2.06. The number of hydrogen-bond acceptors (Lipinski definition) is 2. The van der Waals surface area contributed by atoms with Crippen molar-refractivity contribution in [2.45, 2.75) is 0 Å². The fourth-order valence-corrected chi connectivity index (χ4v) is 1.39. The van der Waals surface area contributed by atoms with Crippen molar-refractivity contribution in [1.29, 1.82) is 0 Å². The van der Waals surface area contributed by atoms with E-state index in [2.05, 4.69) is 49.1 Å². The summed E-state index contributed by atoms with van der Waals surface area (Å²) in [6, 6.07) is 0. The molecule has 0 bridgehead atoms. The fraction of sp³-hybridized carbons (Fsp3) is 0.167. The summed E-state index contributed by atoms with van der Waals surface area (Å²) in [6.45, 7) is 0. The lowest BCUT2D eigenvalue weighted by Gasteiger charge is -2.16. The van der Waals surface area contributed by atoms with E-state index >= 15 is 0 Å². The third kappa shape index (κ3) is 14.8. The molecule has 0 aliphatic carbocycles. The molecule has 2 heterocycles. The van der Waals surface area contributed by atoms with Gasteiger partial charge in [-0.15, -0.1) is 0 Å². The Kier molecular flexibility index (Phi) is 8.42. The molecule has 0 spiro atoms. The summed E-state index contributed by atoms with van der Waals surface area (Å²) in [5.41, 5.74) is 2.51. The topological polar surface area (TPSA) is 6.48 Å². The van der Waals surface area contributed by atoms with Crippen LogP contribution in [0.3, 0.4) is 0 Å². The zero-order valence-electron chi connectivity index (χ0n) is 12.7. The molecule has 0 aromatic rings. The van der Waals surface area contributed by atoms with Crippen LogP contribution in [0.15, 0.2) is 60.3 Å². The van der Waals surface area contributed by atoms with Crippen molar-refractivity contribution in [2.24, 2.45) is 0 Å². The summed E-state index contributed by atoms with van der Waals surface area (Å²) in [5.74, 6) is 0. The average Bonchev–Trinajstić information content (AvgIpc) is 2.37. The first kappa shape index (κ1) is 21.9. The number of halogens is 8. The molecular weight excluding hydrogens is 346 g/mol. The SMILES string of the molecule is CN1C=CC(=C2C=CN(C)C=C2)C=C1.F[B-](F)(F)F.F[B-](F)(F)F. The molecule has 2 nitrogen and oxygen atoms in total. The summed E-state index contributed by atoms with van der Waals surface area (Å²) in [4.78, 5) is 4.07. The van der Waals surface area contributed by atoms with Gasteiger partial charge in [-0.3, -0.25) is 0 Å². The Morgan fingerprint density at radius 3 is 0.875 bits per heavy atom. The second-order valence-electron chi connectivity index (χ2n) is 4.49. The van der Waals surface area contributed by atoms with Crippen LogP contribution in [0.4, 0.5) is 34.5 Å². The highest BCUT2D eigenvalue weighted by Gasteiger charge is 2.21. The summed E-state index contributed by atoms with van der Waals surface area (Å²) in [6.07, 6.45) is 16.7. The fourth-order valence-electron chi connectivity index (χ4n) is 1.39. The minimum atomic E-state index is -6.00. The molecule has 2 aliphatic rings. The Bertz CT molecular complexity index is 454. The van der Waals surface area contributed by atoms with Crippen molar-refractivity contribution < 1.29 is 34.5 Å². The van der Waals surface area contributed by atoms with Gasteiger partial charge in [0.05, 0.1) is 0 Å². The largest absolute Gasteiger partial charge is 0.673 e. The van der Waals surface area contributed by atoms with Gasteiger partial charge >= 0.3 is 14.5 Å². The molecule has 0 fully saturated rings. The highest BCUT2D eigenvalue weighted by atomic mass is 19.5. The minimum Gasteiger partial charge on any atom is -0.418 e. The van der Waals surface area contributed by atoms with Crippen molar-refractivity contribution in [3.05, 3.63) is 60.3 Å². The van der Waals surface area contributed by atoms with Gasteiger partial charge in [0.15, 0.2) is 0 Å². The third-order valence-corrected chi connectivity index (χ3v) is 2.29. The standard InChI is InChI=1S/C12H14N2.2BF4/c1-13-7-3-11(4-8-13)12-5-9-14(2)10-6-12;2*2-1(3,4)5/h3-10H,1-2H3;;/q;2*-1. The van der Waals surface area contributed by atoms with Crippen molar-refractivity contribution in [2.75, 3.05) is 14.1 Å². The van der Waals surface area contributed by atoms with E-state index in [1.807, 2.05) is 23.9 Å². The molecule has 0 aromatic heterocycles. The maximum Gasteiger partial charge on any atom is 0.673 e. The van der Waals surface area contributed by atoms with E-state index in [0.29, 0.717) is 0 Å². The van der Waals surface area contributed by atoms with Crippen molar-refractivity contribution in [3.63, 3.8) is 0 Å². The van der Waals surface area contributed by atoms with E-state index in [0.717, 1.165) is 0 Å². The summed E-state index contributed by atoms with van der Waals surface area (Å²) >= 11 is 0. The van der Waals surface area contributed by atoms with Gasteiger partial charge in [-0.2, -0.15) is 0 Å². The zero-order valence-corrected chi connectivity index (χ0v) is 12.7. The van der Waals surface area contributed by atoms with Gasteiger partial charge in [-0.05, 0) is 35.5 Å². The van der Waals surface area contributed by atoms with Crippen LogP contribution in [0, 0.1) is 0 Å². The van der Waals surface area contributed by atoms with E-state index in [1.165, 1.54) is 11.1 Å². The summed E-state index contributed by atoms with van der Waals surface area (Å²) in [7, 11) is -7.95. The first-order valence-corrected chi connectivity index (χ1v) is 6.41. The van der Waals surface area contributed by atoms with Crippen LogP contribution in [-0.2, 0) is 0 Å². The zero-order chi connectivity index (χ0) is 19.0. The molecule has 0 saturated heterocycles. The Morgan fingerprint density at radius 1 is 0.542 bits per heavy atom. The Balaban J connectivity index is 0.000000442. The highest BCUT2D eigenvalue weighted by Crippen LogP contribution is 2.18.